The first-order valence-electron chi connectivity index (χ1n) is 5.44. The molecule has 0 bridgehead atoms. The van der Waals surface area contributed by atoms with Crippen molar-refractivity contribution in [2.45, 2.75) is 20.4 Å². The maximum atomic E-state index is 8.81. The van der Waals surface area contributed by atoms with Crippen molar-refractivity contribution in [3.63, 3.8) is 0 Å². The lowest BCUT2D eigenvalue weighted by atomic mass is 10.3. The molecule has 2 aromatic heterocycles. The minimum Gasteiger partial charge on any atom is -0.348 e. The number of hydrogen-bond donors (Lipinski definition) is 1. The molecule has 0 aromatic carbocycles. The molecule has 0 atom stereocenters. The normalized spacial score (nSPS) is 9.83. The van der Waals surface area contributed by atoms with E-state index in [1.54, 1.807) is 18.5 Å². The molecule has 90 valence electrons. The summed E-state index contributed by atoms with van der Waals surface area (Å²) in [4.78, 5) is 16.6. The Hall–Kier alpha value is -2.55. The Kier molecular flexibility index (Phi) is 3.44. The van der Waals surface area contributed by atoms with Crippen molar-refractivity contribution in [2.75, 3.05) is 5.32 Å². The predicted molar refractivity (Wildman–Crippen MR) is 65.6 cm³/mol. The van der Waals surface area contributed by atoms with Crippen LogP contribution in [0.2, 0.25) is 0 Å². The molecule has 0 fully saturated rings. The number of hydrogen-bond acceptors (Lipinski definition) is 6. The largest absolute Gasteiger partial charge is 0.348 e. The summed E-state index contributed by atoms with van der Waals surface area (Å²) in [6.45, 7) is 4.17. The Bertz CT molecular complexity index is 585. The summed E-state index contributed by atoms with van der Waals surface area (Å²) < 4.78 is 0. The molecule has 0 aliphatic heterocycles. The lowest BCUT2D eigenvalue weighted by molar-refractivity contribution is 0.953. The van der Waals surface area contributed by atoms with E-state index in [9.17, 15) is 0 Å². The SMILES string of the molecule is Cc1cnc(CNc2nc(C)cc(C#N)n2)cn1. The van der Waals surface area contributed by atoms with E-state index in [0.717, 1.165) is 17.1 Å². The molecular formula is C12H12N6. The zero-order valence-corrected chi connectivity index (χ0v) is 10.2. The van der Waals surface area contributed by atoms with E-state index in [4.69, 9.17) is 5.26 Å². The highest BCUT2D eigenvalue weighted by molar-refractivity contribution is 5.33. The van der Waals surface area contributed by atoms with Gasteiger partial charge in [0.25, 0.3) is 0 Å². The van der Waals surface area contributed by atoms with Crippen molar-refractivity contribution in [1.29, 1.82) is 5.26 Å². The highest BCUT2D eigenvalue weighted by Crippen LogP contribution is 2.05. The van der Waals surface area contributed by atoms with Crippen molar-refractivity contribution in [1.82, 2.24) is 19.9 Å². The van der Waals surface area contributed by atoms with Crippen LogP contribution in [0.3, 0.4) is 0 Å². The summed E-state index contributed by atoms with van der Waals surface area (Å²) in [5.74, 6) is 0.425. The molecule has 0 saturated carbocycles. The molecule has 0 amide bonds. The van der Waals surface area contributed by atoms with Crippen molar-refractivity contribution >= 4 is 5.95 Å². The monoisotopic (exact) mass is 240 g/mol. The van der Waals surface area contributed by atoms with E-state index in [1.165, 1.54) is 0 Å². The molecule has 0 aliphatic carbocycles. The van der Waals surface area contributed by atoms with Crippen LogP contribution in [0.15, 0.2) is 18.5 Å². The summed E-state index contributed by atoms with van der Waals surface area (Å²) in [6.07, 6.45) is 3.40. The summed E-state index contributed by atoms with van der Waals surface area (Å²) in [5, 5.41) is 11.8. The van der Waals surface area contributed by atoms with E-state index < -0.39 is 0 Å². The van der Waals surface area contributed by atoms with Crippen LogP contribution in [-0.2, 0) is 6.54 Å². The molecule has 0 spiro atoms. The lowest BCUT2D eigenvalue weighted by Gasteiger charge is -2.05. The van der Waals surface area contributed by atoms with Gasteiger partial charge in [-0.2, -0.15) is 5.26 Å². The van der Waals surface area contributed by atoms with Gasteiger partial charge >= 0.3 is 0 Å². The van der Waals surface area contributed by atoms with Crippen LogP contribution in [-0.4, -0.2) is 19.9 Å². The molecule has 0 radical (unpaired) electrons. The molecule has 2 heterocycles. The third-order valence-corrected chi connectivity index (χ3v) is 2.23. The highest BCUT2D eigenvalue weighted by Gasteiger charge is 2.02. The third kappa shape index (κ3) is 2.98. The minimum absolute atomic E-state index is 0.347. The smallest absolute Gasteiger partial charge is 0.224 e. The second-order valence-corrected chi connectivity index (χ2v) is 3.83. The van der Waals surface area contributed by atoms with Gasteiger partial charge in [0.1, 0.15) is 11.8 Å². The summed E-state index contributed by atoms with van der Waals surface area (Å²) in [6, 6.07) is 3.63. The lowest BCUT2D eigenvalue weighted by Crippen LogP contribution is -2.07. The molecule has 2 rings (SSSR count). The van der Waals surface area contributed by atoms with Gasteiger partial charge in [-0.05, 0) is 19.9 Å². The van der Waals surface area contributed by atoms with Crippen LogP contribution in [0.5, 0.6) is 0 Å². The van der Waals surface area contributed by atoms with Crippen molar-refractivity contribution in [3.8, 4) is 6.07 Å². The first-order valence-corrected chi connectivity index (χ1v) is 5.44. The number of nitrogens with zero attached hydrogens (tertiary/aromatic N) is 5. The summed E-state index contributed by atoms with van der Waals surface area (Å²) in [7, 11) is 0. The van der Waals surface area contributed by atoms with Crippen molar-refractivity contribution < 1.29 is 0 Å². The first-order chi connectivity index (χ1) is 8.67. The van der Waals surface area contributed by atoms with Crippen LogP contribution < -0.4 is 5.32 Å². The van der Waals surface area contributed by atoms with Gasteiger partial charge in [-0.3, -0.25) is 9.97 Å². The maximum absolute atomic E-state index is 8.81. The van der Waals surface area contributed by atoms with Crippen LogP contribution in [0, 0.1) is 25.2 Å². The fourth-order valence-electron chi connectivity index (χ4n) is 1.39. The van der Waals surface area contributed by atoms with Crippen LogP contribution >= 0.6 is 0 Å². The Balaban J connectivity index is 2.08. The molecular weight excluding hydrogens is 228 g/mol. The first kappa shape index (κ1) is 11.9. The Morgan fingerprint density at radius 1 is 1.17 bits per heavy atom. The van der Waals surface area contributed by atoms with Gasteiger partial charge in [-0.25, -0.2) is 9.97 Å². The fourth-order valence-corrected chi connectivity index (χ4v) is 1.39. The standard InChI is InChI=1S/C12H12N6/c1-8-3-10(4-13)18-12(17-8)16-7-11-6-14-9(2)5-15-11/h3,5-6H,7H2,1-2H3,(H,16,17,18). The molecule has 18 heavy (non-hydrogen) atoms. The number of aromatic nitrogens is 4. The van der Waals surface area contributed by atoms with Gasteiger partial charge in [0.2, 0.25) is 5.95 Å². The Morgan fingerprint density at radius 3 is 2.67 bits per heavy atom. The Morgan fingerprint density at radius 2 is 2.00 bits per heavy atom. The van der Waals surface area contributed by atoms with Gasteiger partial charge in [-0.15, -0.1) is 0 Å². The predicted octanol–water partition coefficient (Wildman–Crippen LogP) is 1.37. The number of anilines is 1. The highest BCUT2D eigenvalue weighted by atomic mass is 15.1. The minimum atomic E-state index is 0.347. The summed E-state index contributed by atoms with van der Waals surface area (Å²) >= 11 is 0. The average Bonchev–Trinajstić information content (AvgIpc) is 2.37. The van der Waals surface area contributed by atoms with Crippen LogP contribution in [0.25, 0.3) is 0 Å². The molecule has 1 N–H and O–H groups in total. The van der Waals surface area contributed by atoms with Gasteiger partial charge < -0.3 is 5.32 Å². The van der Waals surface area contributed by atoms with E-state index in [0.29, 0.717) is 18.2 Å². The molecule has 2 aromatic rings. The third-order valence-electron chi connectivity index (χ3n) is 2.23. The quantitative estimate of drug-likeness (QED) is 0.871. The number of aryl methyl sites for hydroxylation is 2. The van der Waals surface area contributed by atoms with E-state index >= 15 is 0 Å². The van der Waals surface area contributed by atoms with E-state index in [2.05, 4.69) is 25.3 Å². The second kappa shape index (κ2) is 5.19. The van der Waals surface area contributed by atoms with Gasteiger partial charge in [0.15, 0.2) is 0 Å². The number of nitriles is 1. The molecule has 6 nitrogen and oxygen atoms in total. The second-order valence-electron chi connectivity index (χ2n) is 3.83. The molecule has 6 heteroatoms. The van der Waals surface area contributed by atoms with Gasteiger partial charge in [0, 0.05) is 11.9 Å². The topological polar surface area (TPSA) is 87.4 Å². The zero-order valence-electron chi connectivity index (χ0n) is 10.2. The number of rotatable bonds is 3. The average molecular weight is 240 g/mol. The fraction of sp³-hybridized carbons (Fsp3) is 0.250. The van der Waals surface area contributed by atoms with Gasteiger partial charge in [-0.1, -0.05) is 0 Å². The van der Waals surface area contributed by atoms with Gasteiger partial charge in [0.05, 0.1) is 24.1 Å². The van der Waals surface area contributed by atoms with Crippen LogP contribution in [0.1, 0.15) is 22.8 Å². The molecule has 0 aliphatic rings. The maximum Gasteiger partial charge on any atom is 0.224 e. The van der Waals surface area contributed by atoms with Crippen LogP contribution in [0.4, 0.5) is 5.95 Å². The Labute approximate surface area is 105 Å². The van der Waals surface area contributed by atoms with Crippen molar-refractivity contribution in [3.05, 3.63) is 41.2 Å². The number of nitrogens with one attached hydrogen (secondary N) is 1. The van der Waals surface area contributed by atoms with E-state index in [-0.39, 0.29) is 0 Å². The molecule has 0 unspecified atom stereocenters. The van der Waals surface area contributed by atoms with E-state index in [1.807, 2.05) is 19.9 Å². The summed E-state index contributed by atoms with van der Waals surface area (Å²) in [5.41, 5.74) is 2.76. The van der Waals surface area contributed by atoms with Crippen molar-refractivity contribution in [2.24, 2.45) is 0 Å². The zero-order chi connectivity index (χ0) is 13.0. The molecule has 0 saturated heterocycles.